The Bertz CT molecular complexity index is 455. The third-order valence-electron chi connectivity index (χ3n) is 4.00. The van der Waals surface area contributed by atoms with E-state index < -0.39 is 5.82 Å². The predicted octanol–water partition coefficient (Wildman–Crippen LogP) is 3.45. The molecule has 3 nitrogen and oxygen atoms in total. The molecular weight excluding hydrogens is 255 g/mol. The Labute approximate surface area is 120 Å². The summed E-state index contributed by atoms with van der Waals surface area (Å²) in [6, 6.07) is 4.06. The molecule has 110 valence electrons. The molecule has 4 heteroatoms. The van der Waals surface area contributed by atoms with Crippen LogP contribution in [0.1, 0.15) is 49.4 Å². The molecule has 1 amide bonds. The molecule has 2 rings (SSSR count). The number of rotatable bonds is 3. The molecule has 2 N–H and O–H groups in total. The summed E-state index contributed by atoms with van der Waals surface area (Å²) in [7, 11) is 0. The predicted molar refractivity (Wildman–Crippen MR) is 79.0 cm³/mol. The molecule has 1 fully saturated rings. The molecule has 0 bridgehead atoms. The first kappa shape index (κ1) is 14.8. The van der Waals surface area contributed by atoms with Crippen LogP contribution in [0.5, 0.6) is 0 Å². The van der Waals surface area contributed by atoms with E-state index in [0.717, 1.165) is 31.8 Å². The molecular formula is C16H23FN2O. The zero-order valence-electron chi connectivity index (χ0n) is 12.1. The fourth-order valence-electron chi connectivity index (χ4n) is 2.98. The number of anilines is 1. The van der Waals surface area contributed by atoms with Gasteiger partial charge in [-0.15, -0.1) is 0 Å². The maximum absolute atomic E-state index is 13.3. The van der Waals surface area contributed by atoms with Crippen molar-refractivity contribution in [1.29, 1.82) is 0 Å². The Morgan fingerprint density at radius 1 is 1.35 bits per heavy atom. The van der Waals surface area contributed by atoms with Crippen LogP contribution in [-0.2, 0) is 0 Å². The van der Waals surface area contributed by atoms with Gasteiger partial charge in [-0.05, 0) is 43.4 Å². The lowest BCUT2D eigenvalue weighted by Gasteiger charge is -2.21. The van der Waals surface area contributed by atoms with Gasteiger partial charge < -0.3 is 10.6 Å². The van der Waals surface area contributed by atoms with Crippen molar-refractivity contribution in [2.45, 2.75) is 39.0 Å². The van der Waals surface area contributed by atoms with Crippen LogP contribution >= 0.6 is 0 Å². The Morgan fingerprint density at radius 3 is 2.85 bits per heavy atom. The van der Waals surface area contributed by atoms with Gasteiger partial charge in [0.05, 0.1) is 0 Å². The molecule has 20 heavy (non-hydrogen) atoms. The van der Waals surface area contributed by atoms with Crippen LogP contribution in [0.4, 0.5) is 10.1 Å². The van der Waals surface area contributed by atoms with Crippen molar-refractivity contribution in [2.24, 2.45) is 5.92 Å². The van der Waals surface area contributed by atoms with Gasteiger partial charge in [0.2, 0.25) is 0 Å². The average Bonchev–Trinajstić information content (AvgIpc) is 2.63. The standard InChI is InChI=1S/C16H23FN2O/c1-2-4-12-5-3-7-19(8-6-12)16(20)13-9-14(17)11-15(18)10-13/h9-12H,2-8,18H2,1H3. The summed E-state index contributed by atoms with van der Waals surface area (Å²) in [6.07, 6.45) is 5.68. The number of hydrogen-bond donors (Lipinski definition) is 1. The lowest BCUT2D eigenvalue weighted by atomic mass is 9.96. The fourth-order valence-corrected chi connectivity index (χ4v) is 2.98. The second-order valence-electron chi connectivity index (χ2n) is 5.65. The van der Waals surface area contributed by atoms with E-state index in [2.05, 4.69) is 6.92 Å². The molecule has 1 aromatic rings. The van der Waals surface area contributed by atoms with E-state index in [1.54, 1.807) is 6.07 Å². The highest BCUT2D eigenvalue weighted by molar-refractivity contribution is 5.95. The molecule has 1 saturated heterocycles. The van der Waals surface area contributed by atoms with Crippen LogP contribution in [0.3, 0.4) is 0 Å². The number of nitrogen functional groups attached to an aromatic ring is 1. The molecule has 0 aliphatic carbocycles. The molecule has 0 aromatic heterocycles. The summed E-state index contributed by atoms with van der Waals surface area (Å²) in [4.78, 5) is 14.3. The van der Waals surface area contributed by atoms with Crippen molar-refractivity contribution < 1.29 is 9.18 Å². The second kappa shape index (κ2) is 6.73. The summed E-state index contributed by atoms with van der Waals surface area (Å²) >= 11 is 0. The number of nitrogens with zero attached hydrogens (tertiary/aromatic N) is 1. The molecule has 1 aliphatic heterocycles. The van der Waals surface area contributed by atoms with Crippen LogP contribution in [0, 0.1) is 11.7 Å². The number of carbonyl (C=O) groups is 1. The van der Waals surface area contributed by atoms with Gasteiger partial charge in [-0.1, -0.05) is 19.8 Å². The van der Waals surface area contributed by atoms with Crippen molar-refractivity contribution in [3.05, 3.63) is 29.6 Å². The Balaban J connectivity index is 2.05. The number of halogens is 1. The van der Waals surface area contributed by atoms with Crippen molar-refractivity contribution in [1.82, 2.24) is 4.90 Å². The minimum absolute atomic E-state index is 0.103. The molecule has 0 saturated carbocycles. The van der Waals surface area contributed by atoms with Gasteiger partial charge in [0.25, 0.3) is 5.91 Å². The number of carbonyl (C=O) groups excluding carboxylic acids is 1. The topological polar surface area (TPSA) is 46.3 Å². The van der Waals surface area contributed by atoms with Gasteiger partial charge in [0.15, 0.2) is 0 Å². The number of amides is 1. The molecule has 1 aromatic carbocycles. The number of benzene rings is 1. The van der Waals surface area contributed by atoms with E-state index in [0.29, 0.717) is 11.3 Å². The highest BCUT2D eigenvalue weighted by atomic mass is 19.1. The number of hydrogen-bond acceptors (Lipinski definition) is 2. The summed E-state index contributed by atoms with van der Waals surface area (Å²) in [5.74, 6) is 0.163. The van der Waals surface area contributed by atoms with E-state index in [4.69, 9.17) is 5.73 Å². The zero-order valence-corrected chi connectivity index (χ0v) is 12.1. The quantitative estimate of drug-likeness (QED) is 0.861. The molecule has 1 heterocycles. The molecule has 0 radical (unpaired) electrons. The summed E-state index contributed by atoms with van der Waals surface area (Å²) < 4.78 is 13.3. The highest BCUT2D eigenvalue weighted by Crippen LogP contribution is 2.23. The second-order valence-corrected chi connectivity index (χ2v) is 5.65. The lowest BCUT2D eigenvalue weighted by Crippen LogP contribution is -2.32. The fraction of sp³-hybridized carbons (Fsp3) is 0.562. The number of nitrogens with two attached hydrogens (primary N) is 1. The summed E-state index contributed by atoms with van der Waals surface area (Å²) in [5, 5.41) is 0. The van der Waals surface area contributed by atoms with Gasteiger partial charge in [-0.3, -0.25) is 4.79 Å². The first-order chi connectivity index (χ1) is 9.60. The highest BCUT2D eigenvalue weighted by Gasteiger charge is 2.21. The molecule has 1 atom stereocenters. The summed E-state index contributed by atoms with van der Waals surface area (Å²) in [5.41, 5.74) is 6.26. The van der Waals surface area contributed by atoms with Crippen molar-refractivity contribution >= 4 is 11.6 Å². The average molecular weight is 278 g/mol. The minimum atomic E-state index is -0.452. The Morgan fingerprint density at radius 2 is 2.15 bits per heavy atom. The van der Waals surface area contributed by atoms with E-state index >= 15 is 0 Å². The van der Waals surface area contributed by atoms with Crippen molar-refractivity contribution in [3.63, 3.8) is 0 Å². The minimum Gasteiger partial charge on any atom is -0.399 e. The van der Waals surface area contributed by atoms with Crippen LogP contribution in [0.25, 0.3) is 0 Å². The van der Waals surface area contributed by atoms with Gasteiger partial charge in [0.1, 0.15) is 5.82 Å². The largest absolute Gasteiger partial charge is 0.399 e. The van der Waals surface area contributed by atoms with E-state index in [1.807, 2.05) is 4.90 Å². The third-order valence-corrected chi connectivity index (χ3v) is 4.00. The van der Waals surface area contributed by atoms with Crippen LogP contribution in [-0.4, -0.2) is 23.9 Å². The molecule has 0 spiro atoms. The Kier molecular flexibility index (Phi) is 4.99. The normalized spacial score (nSPS) is 19.7. The maximum atomic E-state index is 13.3. The summed E-state index contributed by atoms with van der Waals surface area (Å²) in [6.45, 7) is 3.72. The van der Waals surface area contributed by atoms with Gasteiger partial charge in [-0.2, -0.15) is 0 Å². The van der Waals surface area contributed by atoms with Crippen LogP contribution < -0.4 is 5.73 Å². The van der Waals surface area contributed by atoms with E-state index in [1.165, 1.54) is 31.4 Å². The number of likely N-dealkylation sites (tertiary alicyclic amines) is 1. The first-order valence-electron chi connectivity index (χ1n) is 7.45. The van der Waals surface area contributed by atoms with E-state index in [9.17, 15) is 9.18 Å². The van der Waals surface area contributed by atoms with E-state index in [-0.39, 0.29) is 5.91 Å². The smallest absolute Gasteiger partial charge is 0.254 e. The first-order valence-corrected chi connectivity index (χ1v) is 7.45. The van der Waals surface area contributed by atoms with Gasteiger partial charge >= 0.3 is 0 Å². The van der Waals surface area contributed by atoms with Gasteiger partial charge in [0, 0.05) is 24.3 Å². The SMILES string of the molecule is CCCC1CCCN(C(=O)c2cc(N)cc(F)c2)CC1. The van der Waals surface area contributed by atoms with Crippen LogP contribution in [0.15, 0.2) is 18.2 Å². The van der Waals surface area contributed by atoms with Crippen molar-refractivity contribution in [3.8, 4) is 0 Å². The monoisotopic (exact) mass is 278 g/mol. The third kappa shape index (κ3) is 3.71. The zero-order chi connectivity index (χ0) is 14.5. The van der Waals surface area contributed by atoms with Crippen LogP contribution in [0.2, 0.25) is 0 Å². The van der Waals surface area contributed by atoms with Crippen molar-refractivity contribution in [2.75, 3.05) is 18.8 Å². The lowest BCUT2D eigenvalue weighted by molar-refractivity contribution is 0.0759. The molecule has 1 unspecified atom stereocenters. The maximum Gasteiger partial charge on any atom is 0.254 e. The Hall–Kier alpha value is -1.58. The van der Waals surface area contributed by atoms with Gasteiger partial charge in [-0.25, -0.2) is 4.39 Å². The molecule has 1 aliphatic rings.